The zero-order chi connectivity index (χ0) is 9.84. The molecule has 1 rings (SSSR count). The molecule has 1 aromatic rings. The standard InChI is InChI=1S/C10H13ClO2/c1-3-9(12)7-4-5-8(11)10(6-7)13-2/h4-6,9,12H,3H2,1-2H3. The highest BCUT2D eigenvalue weighted by atomic mass is 35.5. The molecule has 0 bridgehead atoms. The fraction of sp³-hybridized carbons (Fsp3) is 0.400. The maximum Gasteiger partial charge on any atom is 0.137 e. The van der Waals surface area contributed by atoms with E-state index in [-0.39, 0.29) is 0 Å². The predicted octanol–water partition coefficient (Wildman–Crippen LogP) is 2.79. The van der Waals surface area contributed by atoms with Gasteiger partial charge in [-0.2, -0.15) is 0 Å². The third kappa shape index (κ3) is 2.36. The van der Waals surface area contributed by atoms with Crippen molar-refractivity contribution < 1.29 is 9.84 Å². The van der Waals surface area contributed by atoms with E-state index in [1.165, 1.54) is 0 Å². The highest BCUT2D eigenvalue weighted by molar-refractivity contribution is 6.32. The molecule has 0 aliphatic heterocycles. The first-order valence-corrected chi connectivity index (χ1v) is 4.58. The van der Waals surface area contributed by atoms with E-state index >= 15 is 0 Å². The molecule has 0 aliphatic rings. The van der Waals surface area contributed by atoms with E-state index in [4.69, 9.17) is 16.3 Å². The van der Waals surface area contributed by atoms with E-state index in [1.807, 2.05) is 6.92 Å². The maximum absolute atomic E-state index is 9.54. The number of hydrogen-bond acceptors (Lipinski definition) is 2. The van der Waals surface area contributed by atoms with E-state index in [0.717, 1.165) is 5.56 Å². The zero-order valence-corrected chi connectivity index (χ0v) is 8.51. The van der Waals surface area contributed by atoms with Crippen LogP contribution >= 0.6 is 11.6 Å². The molecule has 0 spiro atoms. The SMILES string of the molecule is CCC(O)c1ccc(Cl)c(OC)c1. The summed E-state index contributed by atoms with van der Waals surface area (Å²) in [6.45, 7) is 1.92. The second-order valence-electron chi connectivity index (χ2n) is 2.82. The Morgan fingerprint density at radius 1 is 1.54 bits per heavy atom. The van der Waals surface area contributed by atoms with Gasteiger partial charge in [-0.05, 0) is 24.1 Å². The van der Waals surface area contributed by atoms with Crippen LogP contribution in [0.2, 0.25) is 5.02 Å². The highest BCUT2D eigenvalue weighted by Crippen LogP contribution is 2.28. The molecule has 2 nitrogen and oxygen atoms in total. The lowest BCUT2D eigenvalue weighted by Crippen LogP contribution is -1.95. The van der Waals surface area contributed by atoms with Gasteiger partial charge >= 0.3 is 0 Å². The van der Waals surface area contributed by atoms with E-state index in [2.05, 4.69) is 0 Å². The summed E-state index contributed by atoms with van der Waals surface area (Å²) in [4.78, 5) is 0. The van der Waals surface area contributed by atoms with E-state index in [9.17, 15) is 5.11 Å². The van der Waals surface area contributed by atoms with Crippen molar-refractivity contribution in [2.45, 2.75) is 19.4 Å². The van der Waals surface area contributed by atoms with Crippen molar-refractivity contribution >= 4 is 11.6 Å². The third-order valence-electron chi connectivity index (χ3n) is 1.95. The number of benzene rings is 1. The Balaban J connectivity index is 2.99. The Hall–Kier alpha value is -0.730. The molecule has 72 valence electrons. The van der Waals surface area contributed by atoms with Gasteiger partial charge in [0, 0.05) is 0 Å². The van der Waals surface area contributed by atoms with Crippen LogP contribution in [-0.4, -0.2) is 12.2 Å². The lowest BCUT2D eigenvalue weighted by atomic mass is 10.1. The number of aliphatic hydroxyl groups is 1. The predicted molar refractivity (Wildman–Crippen MR) is 53.3 cm³/mol. The fourth-order valence-corrected chi connectivity index (χ4v) is 1.31. The molecule has 0 aliphatic carbocycles. The van der Waals surface area contributed by atoms with Crippen molar-refractivity contribution in [3.63, 3.8) is 0 Å². The van der Waals surface area contributed by atoms with Gasteiger partial charge in [-0.25, -0.2) is 0 Å². The molecule has 1 atom stereocenters. The van der Waals surface area contributed by atoms with Crippen molar-refractivity contribution in [2.75, 3.05) is 7.11 Å². The molecule has 0 heterocycles. The summed E-state index contributed by atoms with van der Waals surface area (Å²) in [6.07, 6.45) is 0.247. The molecule has 13 heavy (non-hydrogen) atoms. The summed E-state index contributed by atoms with van der Waals surface area (Å²) in [5.74, 6) is 0.603. The van der Waals surface area contributed by atoms with Gasteiger partial charge in [0.2, 0.25) is 0 Å². The second kappa shape index (κ2) is 4.49. The van der Waals surface area contributed by atoms with Gasteiger partial charge in [-0.15, -0.1) is 0 Å². The molecule has 1 aromatic carbocycles. The van der Waals surface area contributed by atoms with Gasteiger partial charge in [-0.1, -0.05) is 24.6 Å². The van der Waals surface area contributed by atoms with Crippen LogP contribution in [0.1, 0.15) is 25.0 Å². The first-order valence-electron chi connectivity index (χ1n) is 4.20. The van der Waals surface area contributed by atoms with Crippen molar-refractivity contribution in [3.8, 4) is 5.75 Å². The molecule has 0 fully saturated rings. The lowest BCUT2D eigenvalue weighted by molar-refractivity contribution is 0.173. The van der Waals surface area contributed by atoms with Crippen molar-refractivity contribution in [1.82, 2.24) is 0 Å². The second-order valence-corrected chi connectivity index (χ2v) is 3.23. The van der Waals surface area contributed by atoms with Crippen LogP contribution in [0.3, 0.4) is 0 Å². The maximum atomic E-state index is 9.54. The number of aliphatic hydroxyl groups excluding tert-OH is 1. The Bertz CT molecular complexity index is 286. The molecule has 1 unspecified atom stereocenters. The summed E-state index contributed by atoms with van der Waals surface area (Å²) in [5.41, 5.74) is 0.837. The molecule has 0 amide bonds. The normalized spacial score (nSPS) is 12.6. The average Bonchev–Trinajstić information content (AvgIpc) is 2.17. The molecule has 0 saturated carbocycles. The van der Waals surface area contributed by atoms with Crippen LogP contribution in [0.4, 0.5) is 0 Å². The first-order chi connectivity index (χ1) is 6.19. The molecule has 0 radical (unpaired) electrons. The average molecular weight is 201 g/mol. The topological polar surface area (TPSA) is 29.5 Å². The van der Waals surface area contributed by atoms with E-state index in [0.29, 0.717) is 17.2 Å². The Kier molecular flexibility index (Phi) is 3.58. The number of methoxy groups -OCH3 is 1. The van der Waals surface area contributed by atoms with Gasteiger partial charge in [0.1, 0.15) is 5.75 Å². The monoisotopic (exact) mass is 200 g/mol. The molecular formula is C10H13ClO2. The van der Waals surface area contributed by atoms with Crippen LogP contribution in [0, 0.1) is 0 Å². The van der Waals surface area contributed by atoms with Gasteiger partial charge in [0.05, 0.1) is 18.2 Å². The number of hydrogen-bond donors (Lipinski definition) is 1. The van der Waals surface area contributed by atoms with Crippen molar-refractivity contribution in [3.05, 3.63) is 28.8 Å². The molecule has 0 saturated heterocycles. The van der Waals surface area contributed by atoms with Crippen LogP contribution in [-0.2, 0) is 0 Å². The lowest BCUT2D eigenvalue weighted by Gasteiger charge is -2.10. The quantitative estimate of drug-likeness (QED) is 0.813. The Morgan fingerprint density at radius 3 is 2.77 bits per heavy atom. The Labute approximate surface area is 83.1 Å². The van der Waals surface area contributed by atoms with Crippen LogP contribution in [0.5, 0.6) is 5.75 Å². The summed E-state index contributed by atoms with van der Waals surface area (Å²) >= 11 is 5.84. The Morgan fingerprint density at radius 2 is 2.23 bits per heavy atom. The molecule has 3 heteroatoms. The molecule has 0 aromatic heterocycles. The molecular weight excluding hydrogens is 188 g/mol. The minimum absolute atomic E-state index is 0.439. The molecule has 1 N–H and O–H groups in total. The van der Waals surface area contributed by atoms with Gasteiger partial charge < -0.3 is 9.84 Å². The third-order valence-corrected chi connectivity index (χ3v) is 2.26. The van der Waals surface area contributed by atoms with Crippen molar-refractivity contribution in [1.29, 1.82) is 0 Å². The van der Waals surface area contributed by atoms with E-state index < -0.39 is 6.10 Å². The fourth-order valence-electron chi connectivity index (χ4n) is 1.12. The smallest absolute Gasteiger partial charge is 0.137 e. The van der Waals surface area contributed by atoms with Gasteiger partial charge in [-0.3, -0.25) is 0 Å². The van der Waals surface area contributed by atoms with Crippen LogP contribution in [0.25, 0.3) is 0 Å². The van der Waals surface area contributed by atoms with Gasteiger partial charge in [0.15, 0.2) is 0 Å². The largest absolute Gasteiger partial charge is 0.495 e. The van der Waals surface area contributed by atoms with Crippen LogP contribution in [0.15, 0.2) is 18.2 Å². The minimum Gasteiger partial charge on any atom is -0.495 e. The summed E-state index contributed by atoms with van der Waals surface area (Å²) in [5, 5.41) is 10.1. The first kappa shape index (κ1) is 10.4. The highest BCUT2D eigenvalue weighted by Gasteiger charge is 2.07. The number of rotatable bonds is 3. The van der Waals surface area contributed by atoms with Crippen molar-refractivity contribution in [2.24, 2.45) is 0 Å². The summed E-state index contributed by atoms with van der Waals surface area (Å²) < 4.78 is 5.04. The van der Waals surface area contributed by atoms with Gasteiger partial charge in [0.25, 0.3) is 0 Å². The zero-order valence-electron chi connectivity index (χ0n) is 7.75. The number of halogens is 1. The minimum atomic E-state index is -0.439. The van der Waals surface area contributed by atoms with Crippen LogP contribution < -0.4 is 4.74 Å². The summed E-state index contributed by atoms with van der Waals surface area (Å²) in [7, 11) is 1.56. The summed E-state index contributed by atoms with van der Waals surface area (Å²) in [6, 6.07) is 5.30. The van der Waals surface area contributed by atoms with E-state index in [1.54, 1.807) is 25.3 Å². The number of ether oxygens (including phenoxy) is 1.